The molecule has 0 amide bonds. The summed E-state index contributed by atoms with van der Waals surface area (Å²) in [6.45, 7) is 1.71. The molecule has 2 aliphatic rings. The number of hydrogen-bond donors (Lipinski definition) is 2. The topological polar surface area (TPSA) is 27.3 Å². The molecule has 6 heteroatoms. The monoisotopic (exact) mass is 381 g/mol. The third kappa shape index (κ3) is 5.61. The van der Waals surface area contributed by atoms with Gasteiger partial charge in [0.2, 0.25) is 0 Å². The fourth-order valence-corrected chi connectivity index (χ4v) is 4.63. The number of thiocarbonyl (C=S) groups is 1. The Morgan fingerprint density at radius 1 is 0.923 bits per heavy atom. The smallest absolute Gasteiger partial charge is 0.170 e. The standard InChI is InChI=1S/C20H29F2N3S/c21-15-12-16(22)14-17(13-15)24-20(26)23-10-11-25(19-8-4-5-9-19)18-6-2-1-3-7-18/h12-14,18-19H,1-11H2,(H2,23,24,26). The minimum absolute atomic E-state index is 0.333. The van der Waals surface area contributed by atoms with Crippen LogP contribution >= 0.6 is 12.2 Å². The summed E-state index contributed by atoms with van der Waals surface area (Å²) in [4.78, 5) is 2.70. The van der Waals surface area contributed by atoms with E-state index in [2.05, 4.69) is 15.5 Å². The van der Waals surface area contributed by atoms with Gasteiger partial charge in [0.15, 0.2) is 5.11 Å². The van der Waals surface area contributed by atoms with Gasteiger partial charge >= 0.3 is 0 Å². The molecule has 2 N–H and O–H groups in total. The van der Waals surface area contributed by atoms with Gasteiger partial charge in [-0.2, -0.15) is 0 Å². The highest BCUT2D eigenvalue weighted by atomic mass is 32.1. The van der Waals surface area contributed by atoms with Crippen LogP contribution in [0.4, 0.5) is 14.5 Å². The highest BCUT2D eigenvalue weighted by molar-refractivity contribution is 7.80. The van der Waals surface area contributed by atoms with Crippen LogP contribution in [0, 0.1) is 11.6 Å². The Balaban J connectivity index is 1.49. The Morgan fingerprint density at radius 3 is 2.04 bits per heavy atom. The number of anilines is 1. The Labute approximate surface area is 160 Å². The van der Waals surface area contributed by atoms with Crippen molar-refractivity contribution in [3.8, 4) is 0 Å². The number of hydrogen-bond acceptors (Lipinski definition) is 2. The van der Waals surface area contributed by atoms with E-state index in [1.54, 1.807) is 0 Å². The number of rotatable bonds is 6. The predicted molar refractivity (Wildman–Crippen MR) is 106 cm³/mol. The van der Waals surface area contributed by atoms with E-state index < -0.39 is 11.6 Å². The quantitative estimate of drug-likeness (QED) is 0.690. The molecule has 2 saturated carbocycles. The summed E-state index contributed by atoms with van der Waals surface area (Å²) < 4.78 is 26.5. The SMILES string of the molecule is Fc1cc(F)cc(NC(=S)NCCN(C2CCCCC2)C2CCCC2)c1. The summed E-state index contributed by atoms with van der Waals surface area (Å²) in [6, 6.07) is 4.74. The van der Waals surface area contributed by atoms with Gasteiger partial charge in [-0.1, -0.05) is 32.1 Å². The van der Waals surface area contributed by atoms with Crippen molar-refractivity contribution >= 4 is 23.0 Å². The molecule has 0 aliphatic heterocycles. The maximum Gasteiger partial charge on any atom is 0.170 e. The average molecular weight is 382 g/mol. The van der Waals surface area contributed by atoms with Crippen LogP contribution in [-0.2, 0) is 0 Å². The molecule has 0 saturated heterocycles. The van der Waals surface area contributed by atoms with Gasteiger partial charge in [-0.15, -0.1) is 0 Å². The summed E-state index contributed by atoms with van der Waals surface area (Å²) in [6.07, 6.45) is 12.0. The maximum atomic E-state index is 13.3. The normalized spacial score (nSPS) is 19.0. The molecule has 0 spiro atoms. The van der Waals surface area contributed by atoms with E-state index in [4.69, 9.17) is 12.2 Å². The fraction of sp³-hybridized carbons (Fsp3) is 0.650. The van der Waals surface area contributed by atoms with E-state index in [0.29, 0.717) is 22.9 Å². The van der Waals surface area contributed by atoms with E-state index in [9.17, 15) is 8.78 Å². The van der Waals surface area contributed by atoms with Gasteiger partial charge in [-0.3, -0.25) is 4.90 Å². The molecular weight excluding hydrogens is 352 g/mol. The molecule has 26 heavy (non-hydrogen) atoms. The van der Waals surface area contributed by atoms with Crippen LogP contribution in [0.3, 0.4) is 0 Å². The highest BCUT2D eigenvalue weighted by Gasteiger charge is 2.29. The minimum Gasteiger partial charge on any atom is -0.361 e. The number of benzene rings is 1. The van der Waals surface area contributed by atoms with Gasteiger partial charge in [0.25, 0.3) is 0 Å². The first-order valence-corrected chi connectivity index (χ1v) is 10.3. The molecule has 0 unspecified atom stereocenters. The van der Waals surface area contributed by atoms with Crippen molar-refractivity contribution in [2.75, 3.05) is 18.4 Å². The molecular formula is C20H29F2N3S. The molecule has 1 aromatic carbocycles. The molecule has 3 nitrogen and oxygen atoms in total. The summed E-state index contributed by atoms with van der Waals surface area (Å²) in [5, 5.41) is 6.47. The predicted octanol–water partition coefficient (Wildman–Crippen LogP) is 4.83. The van der Waals surface area contributed by atoms with Crippen LogP contribution < -0.4 is 10.6 Å². The molecule has 0 radical (unpaired) electrons. The third-order valence-electron chi connectivity index (χ3n) is 5.61. The fourth-order valence-electron chi connectivity index (χ4n) is 4.41. The van der Waals surface area contributed by atoms with Crippen LogP contribution in [0.2, 0.25) is 0 Å². The summed E-state index contributed by atoms with van der Waals surface area (Å²) >= 11 is 5.28. The first kappa shape index (κ1) is 19.5. The van der Waals surface area contributed by atoms with Gasteiger partial charge in [0, 0.05) is 36.9 Å². The Kier molecular flexibility index (Phi) is 7.20. The van der Waals surface area contributed by atoms with Crippen molar-refractivity contribution in [1.82, 2.24) is 10.2 Å². The molecule has 0 heterocycles. The zero-order valence-corrected chi connectivity index (χ0v) is 16.1. The second-order valence-electron chi connectivity index (χ2n) is 7.51. The highest BCUT2D eigenvalue weighted by Crippen LogP contribution is 2.30. The molecule has 0 aromatic heterocycles. The summed E-state index contributed by atoms with van der Waals surface area (Å²) in [5.74, 6) is -1.22. The van der Waals surface area contributed by atoms with Gasteiger partial charge in [0.1, 0.15) is 11.6 Å². The second kappa shape index (κ2) is 9.60. The lowest BCUT2D eigenvalue weighted by molar-refractivity contribution is 0.108. The second-order valence-corrected chi connectivity index (χ2v) is 7.92. The Hall–Kier alpha value is -1.27. The molecule has 1 aromatic rings. The summed E-state index contributed by atoms with van der Waals surface area (Å²) in [5.41, 5.74) is 0.333. The van der Waals surface area contributed by atoms with Gasteiger partial charge in [-0.05, 0) is 50.0 Å². The molecule has 0 bridgehead atoms. The van der Waals surface area contributed by atoms with Crippen LogP contribution in [0.5, 0.6) is 0 Å². The van der Waals surface area contributed by atoms with E-state index in [0.717, 1.165) is 19.2 Å². The number of nitrogens with one attached hydrogen (secondary N) is 2. The Bertz CT molecular complexity index is 578. The van der Waals surface area contributed by atoms with Crippen molar-refractivity contribution in [2.45, 2.75) is 69.9 Å². The van der Waals surface area contributed by atoms with Crippen molar-refractivity contribution in [3.63, 3.8) is 0 Å². The van der Waals surface area contributed by atoms with E-state index >= 15 is 0 Å². The lowest BCUT2D eigenvalue weighted by Gasteiger charge is -2.38. The zero-order chi connectivity index (χ0) is 18.4. The Morgan fingerprint density at radius 2 is 1.46 bits per heavy atom. The van der Waals surface area contributed by atoms with Crippen molar-refractivity contribution in [1.29, 1.82) is 0 Å². The molecule has 2 fully saturated rings. The van der Waals surface area contributed by atoms with E-state index in [-0.39, 0.29) is 0 Å². The largest absolute Gasteiger partial charge is 0.361 e. The lowest BCUT2D eigenvalue weighted by Crippen LogP contribution is -2.47. The van der Waals surface area contributed by atoms with Crippen molar-refractivity contribution in [2.24, 2.45) is 0 Å². The minimum atomic E-state index is -0.611. The van der Waals surface area contributed by atoms with Crippen LogP contribution in [-0.4, -0.2) is 35.2 Å². The number of halogens is 2. The lowest BCUT2D eigenvalue weighted by atomic mass is 9.93. The maximum absolute atomic E-state index is 13.3. The molecule has 2 aliphatic carbocycles. The third-order valence-corrected chi connectivity index (χ3v) is 5.86. The summed E-state index contributed by atoms with van der Waals surface area (Å²) in [7, 11) is 0. The number of nitrogens with zero attached hydrogens (tertiary/aromatic N) is 1. The van der Waals surface area contributed by atoms with Crippen LogP contribution in [0.15, 0.2) is 18.2 Å². The van der Waals surface area contributed by atoms with Crippen LogP contribution in [0.1, 0.15) is 57.8 Å². The van der Waals surface area contributed by atoms with Gasteiger partial charge < -0.3 is 10.6 Å². The van der Waals surface area contributed by atoms with Crippen molar-refractivity contribution in [3.05, 3.63) is 29.8 Å². The van der Waals surface area contributed by atoms with Crippen molar-refractivity contribution < 1.29 is 8.78 Å². The zero-order valence-electron chi connectivity index (χ0n) is 15.3. The van der Waals surface area contributed by atoms with Gasteiger partial charge in [-0.25, -0.2) is 8.78 Å². The average Bonchev–Trinajstić information content (AvgIpc) is 3.13. The first-order chi connectivity index (χ1) is 12.6. The first-order valence-electron chi connectivity index (χ1n) is 9.88. The molecule has 3 rings (SSSR count). The van der Waals surface area contributed by atoms with Crippen LogP contribution in [0.25, 0.3) is 0 Å². The van der Waals surface area contributed by atoms with Gasteiger partial charge in [0.05, 0.1) is 0 Å². The molecule has 0 atom stereocenters. The molecule has 144 valence electrons. The van der Waals surface area contributed by atoms with E-state index in [1.807, 2.05) is 0 Å². The van der Waals surface area contributed by atoms with E-state index in [1.165, 1.54) is 69.9 Å².